The number of amides is 1. The Morgan fingerprint density at radius 2 is 1.89 bits per heavy atom. The van der Waals surface area contributed by atoms with Gasteiger partial charge in [0.2, 0.25) is 11.7 Å². The van der Waals surface area contributed by atoms with Crippen LogP contribution >= 0.6 is 0 Å². The summed E-state index contributed by atoms with van der Waals surface area (Å²) in [6.45, 7) is 0.200. The summed E-state index contributed by atoms with van der Waals surface area (Å²) in [5.74, 6) is -2.41. The molecule has 0 aliphatic rings. The van der Waals surface area contributed by atoms with E-state index in [9.17, 15) is 18.0 Å². The zero-order chi connectivity index (χ0) is 20.1. The molecule has 1 amide bonds. The van der Waals surface area contributed by atoms with Crippen LogP contribution in [0.25, 0.3) is 11.5 Å². The van der Waals surface area contributed by atoms with Crippen molar-refractivity contribution in [3.05, 3.63) is 60.1 Å². The highest BCUT2D eigenvalue weighted by Crippen LogP contribution is 2.35. The molecule has 0 bridgehead atoms. The van der Waals surface area contributed by atoms with Crippen molar-refractivity contribution in [1.82, 2.24) is 9.97 Å². The third kappa shape index (κ3) is 4.46. The molecule has 0 saturated heterocycles. The zero-order valence-electron chi connectivity index (χ0n) is 14.3. The lowest BCUT2D eigenvalue weighted by Gasteiger charge is -2.07. The Morgan fingerprint density at radius 3 is 2.50 bits per heavy atom. The molecule has 3 N–H and O–H groups in total. The molecule has 0 aliphatic carbocycles. The summed E-state index contributed by atoms with van der Waals surface area (Å²) in [5.41, 5.74) is -0.376. The van der Waals surface area contributed by atoms with Crippen LogP contribution in [0.5, 0.6) is 0 Å². The second kappa shape index (κ2) is 8.09. The fourth-order valence-electron chi connectivity index (χ4n) is 2.32. The van der Waals surface area contributed by atoms with Crippen molar-refractivity contribution in [2.45, 2.75) is 6.18 Å². The van der Waals surface area contributed by atoms with Crippen LogP contribution in [-0.4, -0.2) is 34.1 Å². The molecule has 28 heavy (non-hydrogen) atoms. The van der Waals surface area contributed by atoms with Gasteiger partial charge in [0, 0.05) is 12.1 Å². The normalized spacial score (nSPS) is 11.3. The number of oxazole rings is 1. The summed E-state index contributed by atoms with van der Waals surface area (Å²) in [4.78, 5) is 20.1. The predicted molar refractivity (Wildman–Crippen MR) is 94.7 cm³/mol. The number of carbonyl (C=O) groups excluding carboxylic acids is 1. The van der Waals surface area contributed by atoms with Gasteiger partial charge in [0.1, 0.15) is 5.82 Å². The third-order valence-electron chi connectivity index (χ3n) is 3.56. The molecule has 7 nitrogen and oxygen atoms in total. The van der Waals surface area contributed by atoms with Crippen molar-refractivity contribution < 1.29 is 27.5 Å². The lowest BCUT2D eigenvalue weighted by molar-refractivity contribution is -0.153. The Morgan fingerprint density at radius 1 is 1.14 bits per heavy atom. The first kappa shape index (κ1) is 19.4. The average Bonchev–Trinajstić information content (AvgIpc) is 3.14. The van der Waals surface area contributed by atoms with Crippen LogP contribution in [0.1, 0.15) is 16.2 Å². The van der Waals surface area contributed by atoms with Gasteiger partial charge in [-0.1, -0.05) is 18.2 Å². The fourth-order valence-corrected chi connectivity index (χ4v) is 2.32. The Kier molecular flexibility index (Phi) is 5.59. The Balaban J connectivity index is 1.85. The number of halogens is 3. The highest BCUT2D eigenvalue weighted by atomic mass is 19.4. The summed E-state index contributed by atoms with van der Waals surface area (Å²) < 4.78 is 44.7. The zero-order valence-corrected chi connectivity index (χ0v) is 14.3. The van der Waals surface area contributed by atoms with Gasteiger partial charge in [-0.25, -0.2) is 9.97 Å². The molecule has 2 heterocycles. The van der Waals surface area contributed by atoms with Gasteiger partial charge in [0.05, 0.1) is 18.5 Å². The lowest BCUT2D eigenvalue weighted by Crippen LogP contribution is -2.18. The molecule has 1 aromatic carbocycles. The minimum Gasteiger partial charge on any atom is -0.431 e. The molecular formula is C18H15F3N4O3. The smallest absolute Gasteiger partial charge is 0.431 e. The molecule has 146 valence electrons. The van der Waals surface area contributed by atoms with Gasteiger partial charge in [-0.3, -0.25) is 4.79 Å². The summed E-state index contributed by atoms with van der Waals surface area (Å²) in [5, 5.41) is 13.9. The topological polar surface area (TPSA) is 100 Å². The SMILES string of the molecule is O=C(Nc1ccc(NCCO)nc1)c1nc(-c2ccccc2)oc1C(F)(F)F. The van der Waals surface area contributed by atoms with E-state index < -0.39 is 23.5 Å². The summed E-state index contributed by atoms with van der Waals surface area (Å²) in [6.07, 6.45) is -3.62. The second-order valence-electron chi connectivity index (χ2n) is 5.60. The van der Waals surface area contributed by atoms with E-state index in [1.165, 1.54) is 30.5 Å². The second-order valence-corrected chi connectivity index (χ2v) is 5.60. The molecule has 3 aromatic rings. The van der Waals surface area contributed by atoms with Crippen molar-refractivity contribution >= 4 is 17.4 Å². The van der Waals surface area contributed by atoms with Crippen LogP contribution in [0, 0.1) is 0 Å². The van der Waals surface area contributed by atoms with E-state index in [1.807, 2.05) is 0 Å². The van der Waals surface area contributed by atoms with Crippen molar-refractivity contribution in [1.29, 1.82) is 0 Å². The summed E-state index contributed by atoms with van der Waals surface area (Å²) in [6, 6.07) is 10.9. The number of aliphatic hydroxyl groups excluding tert-OH is 1. The Labute approximate surface area is 157 Å². The van der Waals surface area contributed by atoms with Crippen LogP contribution in [-0.2, 0) is 6.18 Å². The van der Waals surface area contributed by atoms with E-state index in [2.05, 4.69) is 20.6 Å². The van der Waals surface area contributed by atoms with Crippen molar-refractivity contribution in [3.8, 4) is 11.5 Å². The molecule has 0 spiro atoms. The van der Waals surface area contributed by atoms with Crippen LogP contribution in [0.4, 0.5) is 24.7 Å². The number of carbonyl (C=O) groups is 1. The van der Waals surface area contributed by atoms with Crippen LogP contribution < -0.4 is 10.6 Å². The summed E-state index contributed by atoms with van der Waals surface area (Å²) in [7, 11) is 0. The molecule has 0 aliphatic heterocycles. The van der Waals surface area contributed by atoms with E-state index in [4.69, 9.17) is 9.52 Å². The molecule has 0 fully saturated rings. The van der Waals surface area contributed by atoms with Crippen molar-refractivity contribution in [2.75, 3.05) is 23.8 Å². The minimum absolute atomic E-state index is 0.0870. The quantitative estimate of drug-likeness (QED) is 0.594. The Hall–Kier alpha value is -3.40. The maximum Gasteiger partial charge on any atom is 0.452 e. The number of benzene rings is 1. The van der Waals surface area contributed by atoms with Gasteiger partial charge >= 0.3 is 6.18 Å². The number of hydrogen-bond donors (Lipinski definition) is 3. The molecule has 0 unspecified atom stereocenters. The molecule has 0 atom stereocenters. The van der Waals surface area contributed by atoms with E-state index in [0.717, 1.165) is 0 Å². The number of alkyl halides is 3. The maximum atomic E-state index is 13.3. The van der Waals surface area contributed by atoms with Crippen molar-refractivity contribution in [2.24, 2.45) is 0 Å². The maximum absolute atomic E-state index is 13.3. The van der Waals surface area contributed by atoms with Crippen LogP contribution in [0.2, 0.25) is 0 Å². The number of anilines is 2. The first-order chi connectivity index (χ1) is 13.4. The van der Waals surface area contributed by atoms with Gasteiger partial charge in [0.25, 0.3) is 5.91 Å². The Bertz CT molecular complexity index is 941. The van der Waals surface area contributed by atoms with Gasteiger partial charge < -0.3 is 20.2 Å². The highest BCUT2D eigenvalue weighted by Gasteiger charge is 2.42. The van der Waals surface area contributed by atoms with E-state index in [-0.39, 0.29) is 24.7 Å². The van der Waals surface area contributed by atoms with Gasteiger partial charge in [-0.2, -0.15) is 13.2 Å². The molecule has 10 heteroatoms. The standard InChI is InChI=1S/C18H15F3N4O3/c19-18(20,21)15-14(25-17(28-15)11-4-2-1-3-5-11)16(27)24-12-6-7-13(23-10-12)22-8-9-26/h1-7,10,26H,8-9H2,(H,22,23)(H,24,27). The van der Waals surface area contributed by atoms with Gasteiger partial charge in [0.15, 0.2) is 5.69 Å². The molecule has 0 saturated carbocycles. The van der Waals surface area contributed by atoms with E-state index in [1.54, 1.807) is 18.2 Å². The first-order valence-corrected chi connectivity index (χ1v) is 8.14. The van der Waals surface area contributed by atoms with E-state index >= 15 is 0 Å². The largest absolute Gasteiger partial charge is 0.452 e. The van der Waals surface area contributed by atoms with Gasteiger partial charge in [-0.05, 0) is 24.3 Å². The van der Waals surface area contributed by atoms with Gasteiger partial charge in [-0.15, -0.1) is 0 Å². The molecule has 3 rings (SSSR count). The highest BCUT2D eigenvalue weighted by molar-refractivity contribution is 6.03. The average molecular weight is 392 g/mol. The number of nitrogens with zero attached hydrogens (tertiary/aromatic N) is 2. The number of pyridine rings is 1. The molecule has 0 radical (unpaired) electrons. The third-order valence-corrected chi connectivity index (χ3v) is 3.56. The van der Waals surface area contributed by atoms with Crippen LogP contribution in [0.15, 0.2) is 53.1 Å². The van der Waals surface area contributed by atoms with Crippen molar-refractivity contribution in [3.63, 3.8) is 0 Å². The molecular weight excluding hydrogens is 377 g/mol. The first-order valence-electron chi connectivity index (χ1n) is 8.14. The number of hydrogen-bond acceptors (Lipinski definition) is 6. The number of rotatable bonds is 6. The van der Waals surface area contributed by atoms with Crippen LogP contribution in [0.3, 0.4) is 0 Å². The monoisotopic (exact) mass is 392 g/mol. The lowest BCUT2D eigenvalue weighted by atomic mass is 10.2. The minimum atomic E-state index is -4.89. The number of nitrogens with one attached hydrogen (secondary N) is 2. The van der Waals surface area contributed by atoms with E-state index in [0.29, 0.717) is 11.4 Å². The number of aliphatic hydroxyl groups is 1. The summed E-state index contributed by atoms with van der Waals surface area (Å²) >= 11 is 0. The number of aromatic nitrogens is 2. The fraction of sp³-hybridized carbons (Fsp3) is 0.167. The molecule has 2 aromatic heterocycles. The predicted octanol–water partition coefficient (Wildman–Crippen LogP) is 3.41.